The van der Waals surface area contributed by atoms with Gasteiger partial charge in [-0.15, -0.1) is 0 Å². The Morgan fingerprint density at radius 2 is 1.91 bits per heavy atom. The molecule has 0 spiro atoms. The molecule has 1 aromatic rings. The largest absolute Gasteiger partial charge is 0.388 e. The van der Waals surface area contributed by atoms with Gasteiger partial charge in [0.2, 0.25) is 0 Å². The molecule has 0 heterocycles. The van der Waals surface area contributed by atoms with E-state index in [9.17, 15) is 0 Å². The van der Waals surface area contributed by atoms with Gasteiger partial charge in [0.05, 0.1) is 11.0 Å². The number of aliphatic hydroxyl groups is 1. The maximum Gasteiger partial charge on any atom is 0.0868 e. The van der Waals surface area contributed by atoms with Crippen LogP contribution < -0.4 is 0 Å². The van der Waals surface area contributed by atoms with Crippen molar-refractivity contribution in [2.45, 2.75) is 13.0 Å². The first-order chi connectivity index (χ1) is 5.22. The summed E-state index contributed by atoms with van der Waals surface area (Å²) in [6, 6.07) is 9.53. The van der Waals surface area contributed by atoms with Gasteiger partial charge in [0.25, 0.3) is 0 Å². The van der Waals surface area contributed by atoms with Gasteiger partial charge >= 0.3 is 0 Å². The van der Waals surface area contributed by atoms with E-state index < -0.39 is 6.10 Å². The Morgan fingerprint density at radius 3 is 2.36 bits per heavy atom. The Morgan fingerprint density at radius 1 is 1.36 bits per heavy atom. The summed E-state index contributed by atoms with van der Waals surface area (Å²) in [5, 5.41) is 9.13. The van der Waals surface area contributed by atoms with Crippen molar-refractivity contribution in [3.8, 4) is 0 Å². The summed E-state index contributed by atoms with van der Waals surface area (Å²) in [6.07, 6.45) is -0.535. The Kier molecular flexibility index (Phi) is 2.74. The molecule has 58 valence electrons. The van der Waals surface area contributed by atoms with Crippen molar-refractivity contribution in [2.75, 3.05) is 0 Å². The second-order valence-corrected chi connectivity index (χ2v) is 2.85. The van der Waals surface area contributed by atoms with Crippen molar-refractivity contribution in [3.05, 3.63) is 35.9 Å². The van der Waals surface area contributed by atoms with Crippen molar-refractivity contribution in [2.24, 2.45) is 0 Å². The van der Waals surface area contributed by atoms with E-state index in [-0.39, 0.29) is 0 Å². The molecule has 0 aromatic heterocycles. The number of aliphatic hydroxyl groups excluding tert-OH is 1. The lowest BCUT2D eigenvalue weighted by Gasteiger charge is -2.05. The number of benzene rings is 1. The lowest BCUT2D eigenvalue weighted by molar-refractivity contribution is 0.265. The van der Waals surface area contributed by atoms with E-state index in [4.69, 9.17) is 17.3 Å². The first-order valence-electron chi connectivity index (χ1n) is 3.49. The lowest BCUT2D eigenvalue weighted by atomic mass is 10.1. The van der Waals surface area contributed by atoms with E-state index in [2.05, 4.69) is 0 Å². The van der Waals surface area contributed by atoms with E-state index in [0.29, 0.717) is 4.86 Å². The Balaban J connectivity index is 2.86. The SMILES string of the molecule is CC(O)C(=S)c1ccccc1. The molecule has 0 fully saturated rings. The molecule has 1 nitrogen and oxygen atoms in total. The molecule has 0 saturated carbocycles. The molecule has 0 aliphatic carbocycles. The number of hydrogen-bond acceptors (Lipinski definition) is 2. The van der Waals surface area contributed by atoms with E-state index >= 15 is 0 Å². The second kappa shape index (κ2) is 3.60. The van der Waals surface area contributed by atoms with Gasteiger partial charge in [0, 0.05) is 0 Å². The van der Waals surface area contributed by atoms with E-state index in [1.807, 2.05) is 30.3 Å². The van der Waals surface area contributed by atoms with Crippen LogP contribution in [0.25, 0.3) is 0 Å². The van der Waals surface area contributed by atoms with Crippen LogP contribution in [0.3, 0.4) is 0 Å². The van der Waals surface area contributed by atoms with Gasteiger partial charge in [-0.05, 0) is 12.5 Å². The van der Waals surface area contributed by atoms with Crippen LogP contribution in [0.5, 0.6) is 0 Å². The Bertz CT molecular complexity index is 241. The molecule has 0 amide bonds. The highest BCUT2D eigenvalue weighted by molar-refractivity contribution is 7.81. The summed E-state index contributed by atoms with van der Waals surface area (Å²) in [5.41, 5.74) is 0.928. The third-order valence-electron chi connectivity index (χ3n) is 1.44. The first kappa shape index (κ1) is 8.37. The molecule has 0 aliphatic rings. The molecular weight excluding hydrogens is 156 g/mol. The van der Waals surface area contributed by atoms with E-state index in [1.54, 1.807) is 6.92 Å². The third-order valence-corrected chi connectivity index (χ3v) is 2.01. The average Bonchev–Trinajstić information content (AvgIpc) is 2.05. The highest BCUT2D eigenvalue weighted by Crippen LogP contribution is 2.04. The van der Waals surface area contributed by atoms with Crippen molar-refractivity contribution >= 4 is 17.1 Å². The summed E-state index contributed by atoms with van der Waals surface area (Å²) >= 11 is 4.99. The normalized spacial score (nSPS) is 12.5. The molecule has 2 heteroatoms. The monoisotopic (exact) mass is 166 g/mol. The minimum atomic E-state index is -0.535. The fourth-order valence-corrected chi connectivity index (χ4v) is 0.980. The molecule has 0 saturated heterocycles. The standard InChI is InChI=1S/C9H10OS/c1-7(10)9(11)8-5-3-2-4-6-8/h2-7,10H,1H3. The zero-order chi connectivity index (χ0) is 8.27. The summed E-state index contributed by atoms with van der Waals surface area (Å²) in [4.78, 5) is 0.602. The molecule has 1 aromatic carbocycles. The molecule has 0 bridgehead atoms. The topological polar surface area (TPSA) is 20.2 Å². The highest BCUT2D eigenvalue weighted by Gasteiger charge is 2.05. The van der Waals surface area contributed by atoms with Crippen LogP contribution in [0.2, 0.25) is 0 Å². The quantitative estimate of drug-likeness (QED) is 0.534. The van der Waals surface area contributed by atoms with Crippen LogP contribution in [0, 0.1) is 0 Å². The zero-order valence-electron chi connectivity index (χ0n) is 6.32. The average molecular weight is 166 g/mol. The molecular formula is C9H10OS. The van der Waals surface area contributed by atoms with Gasteiger partial charge in [0.1, 0.15) is 0 Å². The van der Waals surface area contributed by atoms with E-state index in [1.165, 1.54) is 0 Å². The molecule has 11 heavy (non-hydrogen) atoms. The molecule has 1 unspecified atom stereocenters. The zero-order valence-corrected chi connectivity index (χ0v) is 7.14. The molecule has 0 radical (unpaired) electrons. The minimum Gasteiger partial charge on any atom is -0.388 e. The smallest absolute Gasteiger partial charge is 0.0868 e. The highest BCUT2D eigenvalue weighted by atomic mass is 32.1. The van der Waals surface area contributed by atoms with E-state index in [0.717, 1.165) is 5.56 Å². The predicted molar refractivity (Wildman–Crippen MR) is 49.8 cm³/mol. The van der Waals surface area contributed by atoms with Crippen LogP contribution in [0.15, 0.2) is 30.3 Å². The summed E-state index contributed by atoms with van der Waals surface area (Å²) < 4.78 is 0. The molecule has 1 rings (SSSR count). The van der Waals surface area contributed by atoms with Crippen LogP contribution in [-0.2, 0) is 0 Å². The predicted octanol–water partition coefficient (Wildman–Crippen LogP) is 1.79. The Hall–Kier alpha value is -0.730. The molecule has 0 aliphatic heterocycles. The Labute approximate surface area is 71.7 Å². The minimum absolute atomic E-state index is 0.535. The first-order valence-corrected chi connectivity index (χ1v) is 3.90. The molecule has 1 N–H and O–H groups in total. The third kappa shape index (κ3) is 2.10. The maximum absolute atomic E-state index is 9.13. The van der Waals surface area contributed by atoms with Gasteiger partial charge in [0.15, 0.2) is 0 Å². The fourth-order valence-electron chi connectivity index (χ4n) is 0.844. The van der Waals surface area contributed by atoms with Crippen LogP contribution >= 0.6 is 12.2 Å². The second-order valence-electron chi connectivity index (χ2n) is 2.41. The van der Waals surface area contributed by atoms with Crippen molar-refractivity contribution in [1.29, 1.82) is 0 Å². The van der Waals surface area contributed by atoms with Crippen molar-refractivity contribution in [3.63, 3.8) is 0 Å². The fraction of sp³-hybridized carbons (Fsp3) is 0.222. The number of hydrogen-bond donors (Lipinski definition) is 1. The van der Waals surface area contributed by atoms with Gasteiger partial charge in [-0.3, -0.25) is 0 Å². The number of rotatable bonds is 2. The van der Waals surface area contributed by atoms with Gasteiger partial charge in [-0.25, -0.2) is 0 Å². The van der Waals surface area contributed by atoms with Crippen LogP contribution in [0.1, 0.15) is 12.5 Å². The van der Waals surface area contributed by atoms with Crippen molar-refractivity contribution < 1.29 is 5.11 Å². The number of thiocarbonyl (C=S) groups is 1. The van der Waals surface area contributed by atoms with Gasteiger partial charge < -0.3 is 5.11 Å². The summed E-state index contributed by atoms with van der Waals surface area (Å²) in [7, 11) is 0. The van der Waals surface area contributed by atoms with Gasteiger partial charge in [-0.1, -0.05) is 42.5 Å². The molecule has 1 atom stereocenters. The van der Waals surface area contributed by atoms with Crippen LogP contribution in [-0.4, -0.2) is 16.1 Å². The lowest BCUT2D eigenvalue weighted by Crippen LogP contribution is -2.14. The van der Waals surface area contributed by atoms with Crippen LogP contribution in [0.4, 0.5) is 0 Å². The summed E-state index contributed by atoms with van der Waals surface area (Å²) in [5.74, 6) is 0. The summed E-state index contributed by atoms with van der Waals surface area (Å²) in [6.45, 7) is 1.68. The van der Waals surface area contributed by atoms with Gasteiger partial charge in [-0.2, -0.15) is 0 Å². The maximum atomic E-state index is 9.13. The van der Waals surface area contributed by atoms with Crippen molar-refractivity contribution in [1.82, 2.24) is 0 Å².